The molecule has 0 aliphatic heterocycles. The normalized spacial score (nSPS) is 10.6. The Morgan fingerprint density at radius 1 is 1.38 bits per heavy atom. The maximum absolute atomic E-state index is 12.0. The van der Waals surface area contributed by atoms with Crippen LogP contribution in [0, 0.1) is 6.92 Å². The van der Waals surface area contributed by atoms with E-state index >= 15 is 0 Å². The van der Waals surface area contributed by atoms with Crippen LogP contribution in [0.3, 0.4) is 0 Å². The zero-order chi connectivity index (χ0) is 15.2. The van der Waals surface area contributed by atoms with Gasteiger partial charge in [-0.05, 0) is 25.5 Å². The first-order valence-corrected chi connectivity index (χ1v) is 8.05. The lowest BCUT2D eigenvalue weighted by Gasteiger charge is -2.08. The molecule has 1 aromatic carbocycles. The molecule has 0 atom stereocenters. The molecular formula is C14H17ClN4OS. The monoisotopic (exact) mass is 324 g/mol. The molecule has 0 bridgehead atoms. The molecule has 1 aromatic heterocycles. The van der Waals surface area contributed by atoms with Gasteiger partial charge in [0.2, 0.25) is 5.91 Å². The maximum Gasteiger partial charge on any atom is 0.234 e. The molecule has 0 aliphatic rings. The predicted octanol–water partition coefficient (Wildman–Crippen LogP) is 3.38. The molecule has 5 nitrogen and oxygen atoms in total. The van der Waals surface area contributed by atoms with E-state index in [1.807, 2.05) is 23.6 Å². The van der Waals surface area contributed by atoms with Crippen LogP contribution in [0.1, 0.15) is 19.2 Å². The Hall–Kier alpha value is -1.53. The van der Waals surface area contributed by atoms with E-state index in [1.165, 1.54) is 11.8 Å². The first-order chi connectivity index (χ1) is 10.1. The number of carbonyl (C=O) groups excluding carboxylic acids is 1. The lowest BCUT2D eigenvalue weighted by Crippen LogP contribution is -2.15. The number of rotatable bonds is 6. The number of nitrogens with zero attached hydrogens (tertiary/aromatic N) is 3. The second-order valence-electron chi connectivity index (χ2n) is 4.50. The third-order valence-electron chi connectivity index (χ3n) is 2.83. The van der Waals surface area contributed by atoms with E-state index < -0.39 is 0 Å². The van der Waals surface area contributed by atoms with Gasteiger partial charge in [-0.3, -0.25) is 4.79 Å². The van der Waals surface area contributed by atoms with Crippen LogP contribution in [-0.2, 0) is 11.3 Å². The van der Waals surface area contributed by atoms with Crippen LogP contribution in [-0.4, -0.2) is 26.4 Å². The molecule has 2 aromatic rings. The Morgan fingerprint density at radius 3 is 2.86 bits per heavy atom. The Bertz CT molecular complexity index is 629. The summed E-state index contributed by atoms with van der Waals surface area (Å²) in [5.74, 6) is 1.02. The third kappa shape index (κ3) is 4.22. The molecule has 112 valence electrons. The van der Waals surface area contributed by atoms with Crippen molar-refractivity contribution in [3.8, 4) is 0 Å². The third-order valence-corrected chi connectivity index (χ3v) is 4.13. The molecular weight excluding hydrogens is 308 g/mol. The van der Waals surface area contributed by atoms with Crippen LogP contribution in [0.25, 0.3) is 0 Å². The molecule has 0 spiro atoms. The largest absolute Gasteiger partial charge is 0.324 e. The van der Waals surface area contributed by atoms with Crippen molar-refractivity contribution in [2.75, 3.05) is 11.1 Å². The molecule has 1 amide bonds. The van der Waals surface area contributed by atoms with Gasteiger partial charge in [0.05, 0.1) is 16.5 Å². The summed E-state index contributed by atoms with van der Waals surface area (Å²) < 4.78 is 2.02. The molecule has 0 saturated heterocycles. The van der Waals surface area contributed by atoms with Gasteiger partial charge in [0.1, 0.15) is 5.82 Å². The molecule has 0 fully saturated rings. The SMILES string of the molecule is CCCn1c(C)nnc1SCC(=O)Nc1ccccc1Cl. The molecule has 1 heterocycles. The Balaban J connectivity index is 1.94. The van der Waals surface area contributed by atoms with Crippen molar-refractivity contribution in [2.45, 2.75) is 32.0 Å². The summed E-state index contributed by atoms with van der Waals surface area (Å²) in [5, 5.41) is 12.2. The Morgan fingerprint density at radius 2 is 2.14 bits per heavy atom. The van der Waals surface area contributed by atoms with Crippen molar-refractivity contribution in [1.29, 1.82) is 0 Å². The van der Waals surface area contributed by atoms with Gasteiger partial charge in [0.15, 0.2) is 5.16 Å². The number of aryl methyl sites for hydroxylation is 1. The van der Waals surface area contributed by atoms with E-state index in [4.69, 9.17) is 11.6 Å². The lowest BCUT2D eigenvalue weighted by atomic mass is 10.3. The number of thioether (sulfide) groups is 1. The molecule has 0 unspecified atom stereocenters. The summed E-state index contributed by atoms with van der Waals surface area (Å²) >= 11 is 7.38. The van der Waals surface area contributed by atoms with Gasteiger partial charge in [-0.2, -0.15) is 0 Å². The van der Waals surface area contributed by atoms with E-state index in [0.29, 0.717) is 10.7 Å². The second-order valence-corrected chi connectivity index (χ2v) is 5.85. The van der Waals surface area contributed by atoms with Crippen molar-refractivity contribution in [3.05, 3.63) is 35.1 Å². The van der Waals surface area contributed by atoms with Crippen molar-refractivity contribution in [1.82, 2.24) is 14.8 Å². The minimum absolute atomic E-state index is 0.114. The average molecular weight is 325 g/mol. The Labute approximate surface area is 133 Å². The van der Waals surface area contributed by atoms with Crippen LogP contribution in [0.5, 0.6) is 0 Å². The number of hydrogen-bond donors (Lipinski definition) is 1. The summed E-state index contributed by atoms with van der Waals surface area (Å²) in [7, 11) is 0. The first kappa shape index (κ1) is 15.9. The minimum atomic E-state index is -0.114. The molecule has 21 heavy (non-hydrogen) atoms. The summed E-state index contributed by atoms with van der Waals surface area (Å²) in [5.41, 5.74) is 0.621. The predicted molar refractivity (Wildman–Crippen MR) is 85.9 cm³/mol. The average Bonchev–Trinajstić information content (AvgIpc) is 2.81. The van der Waals surface area contributed by atoms with Crippen LogP contribution in [0.15, 0.2) is 29.4 Å². The van der Waals surface area contributed by atoms with E-state index in [-0.39, 0.29) is 11.7 Å². The van der Waals surface area contributed by atoms with E-state index in [2.05, 4.69) is 22.4 Å². The number of halogens is 1. The van der Waals surface area contributed by atoms with Crippen molar-refractivity contribution in [2.24, 2.45) is 0 Å². The topological polar surface area (TPSA) is 59.8 Å². The zero-order valence-corrected chi connectivity index (χ0v) is 13.5. The second kappa shape index (κ2) is 7.47. The minimum Gasteiger partial charge on any atom is -0.324 e. The number of benzene rings is 1. The Kier molecular flexibility index (Phi) is 5.64. The van der Waals surface area contributed by atoms with Crippen molar-refractivity contribution in [3.63, 3.8) is 0 Å². The van der Waals surface area contributed by atoms with E-state index in [0.717, 1.165) is 23.9 Å². The number of anilines is 1. The highest BCUT2D eigenvalue weighted by Gasteiger charge is 2.12. The fraction of sp³-hybridized carbons (Fsp3) is 0.357. The fourth-order valence-corrected chi connectivity index (χ4v) is 2.82. The summed E-state index contributed by atoms with van der Waals surface area (Å²) in [4.78, 5) is 12.0. The van der Waals surface area contributed by atoms with Crippen LogP contribution >= 0.6 is 23.4 Å². The van der Waals surface area contributed by atoms with Gasteiger partial charge in [-0.1, -0.05) is 42.4 Å². The van der Waals surface area contributed by atoms with Gasteiger partial charge >= 0.3 is 0 Å². The standard InChI is InChI=1S/C14H17ClN4OS/c1-3-8-19-10(2)17-18-14(19)21-9-13(20)16-12-7-5-4-6-11(12)15/h4-7H,3,8-9H2,1-2H3,(H,16,20). The number of carbonyl (C=O) groups is 1. The number of para-hydroxylation sites is 1. The van der Waals surface area contributed by atoms with Gasteiger partial charge in [-0.25, -0.2) is 0 Å². The van der Waals surface area contributed by atoms with Gasteiger partial charge < -0.3 is 9.88 Å². The molecule has 1 N–H and O–H groups in total. The molecule has 0 saturated carbocycles. The van der Waals surface area contributed by atoms with Crippen molar-refractivity contribution >= 4 is 35.0 Å². The van der Waals surface area contributed by atoms with E-state index in [1.54, 1.807) is 12.1 Å². The first-order valence-electron chi connectivity index (χ1n) is 6.68. The number of aromatic nitrogens is 3. The van der Waals surface area contributed by atoms with Crippen molar-refractivity contribution < 1.29 is 4.79 Å². The van der Waals surface area contributed by atoms with Gasteiger partial charge in [0, 0.05) is 6.54 Å². The van der Waals surface area contributed by atoms with Crippen LogP contribution in [0.2, 0.25) is 5.02 Å². The molecule has 7 heteroatoms. The summed E-state index contributed by atoms with van der Waals surface area (Å²) in [6.07, 6.45) is 0.998. The highest BCUT2D eigenvalue weighted by atomic mass is 35.5. The highest BCUT2D eigenvalue weighted by molar-refractivity contribution is 7.99. The van der Waals surface area contributed by atoms with E-state index in [9.17, 15) is 4.79 Å². The number of amides is 1. The summed E-state index contributed by atoms with van der Waals surface area (Å²) in [6, 6.07) is 7.17. The fourth-order valence-electron chi connectivity index (χ4n) is 1.83. The number of nitrogens with one attached hydrogen (secondary N) is 1. The van der Waals surface area contributed by atoms with Gasteiger partial charge in [-0.15, -0.1) is 10.2 Å². The zero-order valence-electron chi connectivity index (χ0n) is 12.0. The highest BCUT2D eigenvalue weighted by Crippen LogP contribution is 2.22. The molecule has 2 rings (SSSR count). The number of hydrogen-bond acceptors (Lipinski definition) is 4. The van der Waals surface area contributed by atoms with Gasteiger partial charge in [0.25, 0.3) is 0 Å². The van der Waals surface area contributed by atoms with Crippen LogP contribution < -0.4 is 5.32 Å². The summed E-state index contributed by atoms with van der Waals surface area (Å²) in [6.45, 7) is 4.86. The molecule has 0 radical (unpaired) electrons. The quantitative estimate of drug-likeness (QED) is 0.827. The molecule has 0 aliphatic carbocycles. The van der Waals surface area contributed by atoms with Crippen LogP contribution in [0.4, 0.5) is 5.69 Å². The lowest BCUT2D eigenvalue weighted by molar-refractivity contribution is -0.113. The smallest absolute Gasteiger partial charge is 0.234 e. The maximum atomic E-state index is 12.0.